The van der Waals surface area contributed by atoms with Crippen LogP contribution in [0.5, 0.6) is 0 Å². The molecule has 0 bridgehead atoms. The first-order valence-corrected chi connectivity index (χ1v) is 7.47. The van der Waals surface area contributed by atoms with E-state index in [1.165, 1.54) is 11.0 Å². The number of nitrogens with zero attached hydrogens (tertiary/aromatic N) is 2. The van der Waals surface area contributed by atoms with E-state index >= 15 is 0 Å². The van der Waals surface area contributed by atoms with E-state index in [-0.39, 0.29) is 37.8 Å². The normalized spacial score (nSPS) is 17.5. The van der Waals surface area contributed by atoms with Crippen molar-refractivity contribution in [2.45, 2.75) is 12.5 Å². The van der Waals surface area contributed by atoms with E-state index in [1.54, 1.807) is 0 Å². The predicted octanol–water partition coefficient (Wildman–Crippen LogP) is 1.94. The van der Waals surface area contributed by atoms with E-state index in [0.29, 0.717) is 0 Å². The van der Waals surface area contributed by atoms with Crippen molar-refractivity contribution < 1.29 is 32.6 Å². The molecule has 2 aromatic rings. The molecule has 1 aromatic heterocycles. The van der Waals surface area contributed by atoms with Gasteiger partial charge in [-0.2, -0.15) is 0 Å². The third-order valence-corrected chi connectivity index (χ3v) is 3.80. The molecule has 1 saturated heterocycles. The lowest BCUT2D eigenvalue weighted by molar-refractivity contribution is -0.139. The van der Waals surface area contributed by atoms with Crippen LogP contribution in [-0.2, 0) is 9.53 Å². The Bertz CT molecular complexity index is 787. The highest BCUT2D eigenvalue weighted by molar-refractivity contribution is 5.93. The topological polar surface area (TPSA) is 92.9 Å². The molecule has 3 rings (SSSR count). The SMILES string of the molecule is O=C(O)CC1COCCN1C(=O)c1coc(-c2c(F)cccc2F)n1. The molecular formula is C16H14F2N2O5. The number of hydrogen-bond acceptors (Lipinski definition) is 5. The maximum atomic E-state index is 13.8. The van der Waals surface area contributed by atoms with Crippen LogP contribution in [0.4, 0.5) is 8.78 Å². The molecule has 1 unspecified atom stereocenters. The summed E-state index contributed by atoms with van der Waals surface area (Å²) >= 11 is 0. The van der Waals surface area contributed by atoms with Gasteiger partial charge in [0.05, 0.1) is 25.7 Å². The molecule has 0 spiro atoms. The minimum absolute atomic E-state index is 0.0880. The molecule has 0 aliphatic carbocycles. The summed E-state index contributed by atoms with van der Waals surface area (Å²) in [4.78, 5) is 28.7. The van der Waals surface area contributed by atoms with Crippen molar-refractivity contribution in [1.29, 1.82) is 0 Å². The molecular weight excluding hydrogens is 338 g/mol. The van der Waals surface area contributed by atoms with Gasteiger partial charge in [0.1, 0.15) is 23.5 Å². The van der Waals surface area contributed by atoms with Gasteiger partial charge in [-0.05, 0) is 12.1 Å². The molecule has 0 radical (unpaired) electrons. The Hall–Kier alpha value is -2.81. The summed E-state index contributed by atoms with van der Waals surface area (Å²) in [7, 11) is 0. The van der Waals surface area contributed by atoms with Gasteiger partial charge < -0.3 is 19.2 Å². The summed E-state index contributed by atoms with van der Waals surface area (Å²) < 4.78 is 37.8. The highest BCUT2D eigenvalue weighted by Gasteiger charge is 2.31. The minimum atomic E-state index is -1.07. The molecule has 132 valence electrons. The Kier molecular flexibility index (Phi) is 4.75. The van der Waals surface area contributed by atoms with Crippen molar-refractivity contribution in [1.82, 2.24) is 9.88 Å². The summed E-state index contributed by atoms with van der Waals surface area (Å²) in [5.41, 5.74) is -0.624. The van der Waals surface area contributed by atoms with Gasteiger partial charge in [0.15, 0.2) is 5.69 Å². The van der Waals surface area contributed by atoms with E-state index in [0.717, 1.165) is 18.4 Å². The second-order valence-corrected chi connectivity index (χ2v) is 5.46. The highest BCUT2D eigenvalue weighted by Crippen LogP contribution is 2.26. The summed E-state index contributed by atoms with van der Waals surface area (Å²) in [6.07, 6.45) is 0.717. The van der Waals surface area contributed by atoms with E-state index in [2.05, 4.69) is 4.98 Å². The largest absolute Gasteiger partial charge is 0.481 e. The van der Waals surface area contributed by atoms with Gasteiger partial charge in [-0.25, -0.2) is 13.8 Å². The first-order chi connectivity index (χ1) is 12.0. The number of halogens is 2. The second kappa shape index (κ2) is 6.98. The molecule has 1 atom stereocenters. The van der Waals surface area contributed by atoms with Crippen LogP contribution in [0.2, 0.25) is 0 Å². The summed E-state index contributed by atoms with van der Waals surface area (Å²) in [5, 5.41) is 8.94. The van der Waals surface area contributed by atoms with Crippen molar-refractivity contribution in [2.24, 2.45) is 0 Å². The lowest BCUT2D eigenvalue weighted by atomic mass is 10.1. The number of ether oxygens (including phenoxy) is 1. The number of carbonyl (C=O) groups excluding carboxylic acids is 1. The molecule has 1 aliphatic rings. The zero-order chi connectivity index (χ0) is 18.0. The van der Waals surface area contributed by atoms with Gasteiger partial charge >= 0.3 is 5.97 Å². The Labute approximate surface area is 140 Å². The Morgan fingerprint density at radius 1 is 1.32 bits per heavy atom. The lowest BCUT2D eigenvalue weighted by Gasteiger charge is -2.34. The van der Waals surface area contributed by atoms with Gasteiger partial charge in [-0.15, -0.1) is 0 Å². The highest BCUT2D eigenvalue weighted by atomic mass is 19.1. The Morgan fingerprint density at radius 2 is 2.04 bits per heavy atom. The van der Waals surface area contributed by atoms with E-state index < -0.39 is 35.1 Å². The summed E-state index contributed by atoms with van der Waals surface area (Å²) in [6.45, 7) is 0.534. The molecule has 2 heterocycles. The zero-order valence-electron chi connectivity index (χ0n) is 12.9. The standard InChI is InChI=1S/C16H14F2N2O5/c17-10-2-1-3-11(18)14(10)15-19-12(8-25-15)16(23)20-4-5-24-7-9(20)6-13(21)22/h1-3,8-9H,4-7H2,(H,21,22). The third-order valence-electron chi connectivity index (χ3n) is 3.80. The minimum Gasteiger partial charge on any atom is -0.481 e. The predicted molar refractivity (Wildman–Crippen MR) is 79.8 cm³/mol. The van der Waals surface area contributed by atoms with Crippen LogP contribution in [0, 0.1) is 11.6 Å². The average molecular weight is 352 g/mol. The van der Waals surface area contributed by atoms with Crippen LogP contribution in [0.3, 0.4) is 0 Å². The van der Waals surface area contributed by atoms with Crippen LogP contribution in [0.25, 0.3) is 11.5 Å². The van der Waals surface area contributed by atoms with Crippen molar-refractivity contribution in [3.8, 4) is 11.5 Å². The fraction of sp³-hybridized carbons (Fsp3) is 0.312. The maximum absolute atomic E-state index is 13.8. The van der Waals surface area contributed by atoms with E-state index in [9.17, 15) is 18.4 Å². The van der Waals surface area contributed by atoms with E-state index in [1.807, 2.05) is 0 Å². The number of aliphatic carboxylic acids is 1. The Morgan fingerprint density at radius 3 is 2.72 bits per heavy atom. The number of rotatable bonds is 4. The molecule has 1 aliphatic heterocycles. The number of carbonyl (C=O) groups is 2. The van der Waals surface area contributed by atoms with Crippen LogP contribution in [0.15, 0.2) is 28.9 Å². The fourth-order valence-corrected chi connectivity index (χ4v) is 2.63. The molecule has 9 heteroatoms. The monoisotopic (exact) mass is 352 g/mol. The zero-order valence-corrected chi connectivity index (χ0v) is 12.9. The number of morpholine rings is 1. The molecule has 1 aromatic carbocycles. The smallest absolute Gasteiger partial charge is 0.305 e. The average Bonchev–Trinajstić information content (AvgIpc) is 3.03. The number of aromatic nitrogens is 1. The number of benzene rings is 1. The number of amides is 1. The number of hydrogen-bond donors (Lipinski definition) is 1. The van der Waals surface area contributed by atoms with Crippen LogP contribution < -0.4 is 0 Å². The Balaban J connectivity index is 1.86. The van der Waals surface area contributed by atoms with E-state index in [4.69, 9.17) is 14.3 Å². The lowest BCUT2D eigenvalue weighted by Crippen LogP contribution is -2.49. The van der Waals surface area contributed by atoms with Crippen molar-refractivity contribution in [3.05, 3.63) is 41.8 Å². The van der Waals surface area contributed by atoms with Crippen molar-refractivity contribution >= 4 is 11.9 Å². The van der Waals surface area contributed by atoms with Crippen LogP contribution >= 0.6 is 0 Å². The number of oxazole rings is 1. The third kappa shape index (κ3) is 3.50. The number of carboxylic acids is 1. The summed E-state index contributed by atoms with van der Waals surface area (Å²) in [6, 6.07) is 2.65. The maximum Gasteiger partial charge on any atom is 0.305 e. The van der Waals surface area contributed by atoms with Gasteiger partial charge in [-0.3, -0.25) is 9.59 Å². The fourth-order valence-electron chi connectivity index (χ4n) is 2.63. The molecule has 25 heavy (non-hydrogen) atoms. The molecule has 0 saturated carbocycles. The van der Waals surface area contributed by atoms with Gasteiger partial charge in [0.25, 0.3) is 5.91 Å². The number of carboxylic acid groups (broad SMARTS) is 1. The van der Waals surface area contributed by atoms with Crippen molar-refractivity contribution in [3.63, 3.8) is 0 Å². The van der Waals surface area contributed by atoms with Crippen molar-refractivity contribution in [2.75, 3.05) is 19.8 Å². The van der Waals surface area contributed by atoms with Crippen LogP contribution in [-0.4, -0.2) is 52.7 Å². The summed E-state index contributed by atoms with van der Waals surface area (Å²) in [5.74, 6) is -3.74. The quantitative estimate of drug-likeness (QED) is 0.904. The van der Waals surface area contributed by atoms with Gasteiger partial charge in [0, 0.05) is 6.54 Å². The molecule has 7 nitrogen and oxygen atoms in total. The van der Waals surface area contributed by atoms with Gasteiger partial charge in [-0.1, -0.05) is 6.07 Å². The molecule has 1 N–H and O–H groups in total. The van der Waals surface area contributed by atoms with Crippen LogP contribution in [0.1, 0.15) is 16.9 Å². The molecule has 1 fully saturated rings. The second-order valence-electron chi connectivity index (χ2n) is 5.46. The first kappa shape index (κ1) is 17.0. The van der Waals surface area contributed by atoms with Gasteiger partial charge in [0.2, 0.25) is 5.89 Å². The first-order valence-electron chi connectivity index (χ1n) is 7.47. The molecule has 1 amide bonds.